The van der Waals surface area contributed by atoms with Crippen molar-refractivity contribution in [3.8, 4) is 0 Å². The van der Waals surface area contributed by atoms with Crippen LogP contribution in [-0.2, 0) is 11.3 Å². The molecule has 0 aliphatic heterocycles. The Hall–Kier alpha value is -0.960. The van der Waals surface area contributed by atoms with Crippen LogP contribution in [0, 0.1) is 24.2 Å². The van der Waals surface area contributed by atoms with Crippen molar-refractivity contribution in [1.29, 1.82) is 0 Å². The van der Waals surface area contributed by atoms with Crippen LogP contribution in [0.3, 0.4) is 0 Å². The van der Waals surface area contributed by atoms with Crippen molar-refractivity contribution in [2.45, 2.75) is 56.9 Å². The summed E-state index contributed by atoms with van der Waals surface area (Å²) in [4.78, 5) is 14.9. The normalized spacial score (nSPS) is 39.2. The fourth-order valence-electron chi connectivity index (χ4n) is 5.68. The molecule has 1 amide bonds. The summed E-state index contributed by atoms with van der Waals surface area (Å²) in [6.07, 6.45) is 6.46. The highest BCUT2D eigenvalue weighted by Gasteiger charge is 2.60. The SMILES string of the molecule is Cc1ccc(CN(C)C(=O)C23CC4CC(CC(Cl)(C4)C2)C3)o1. The van der Waals surface area contributed by atoms with Gasteiger partial charge in [-0.15, -0.1) is 11.6 Å². The Morgan fingerprint density at radius 2 is 2.00 bits per heavy atom. The van der Waals surface area contributed by atoms with Crippen LogP contribution >= 0.6 is 11.6 Å². The van der Waals surface area contributed by atoms with Crippen molar-refractivity contribution in [1.82, 2.24) is 4.90 Å². The maximum Gasteiger partial charge on any atom is 0.229 e. The highest BCUT2D eigenvalue weighted by atomic mass is 35.5. The molecule has 1 heterocycles. The molecule has 4 saturated carbocycles. The van der Waals surface area contributed by atoms with Gasteiger partial charge in [0.15, 0.2) is 0 Å². The number of carbonyl (C=O) groups is 1. The highest BCUT2D eigenvalue weighted by molar-refractivity contribution is 6.24. The summed E-state index contributed by atoms with van der Waals surface area (Å²) in [6, 6.07) is 3.91. The molecule has 4 aliphatic rings. The summed E-state index contributed by atoms with van der Waals surface area (Å²) in [6.45, 7) is 2.49. The number of aryl methyl sites for hydroxylation is 1. The largest absolute Gasteiger partial charge is 0.464 e. The van der Waals surface area contributed by atoms with Gasteiger partial charge in [-0.25, -0.2) is 0 Å². The van der Waals surface area contributed by atoms with Gasteiger partial charge in [0.1, 0.15) is 11.5 Å². The van der Waals surface area contributed by atoms with Crippen molar-refractivity contribution < 1.29 is 9.21 Å². The Bertz CT molecular complexity index is 594. The first-order valence-electron chi connectivity index (χ1n) is 8.37. The Morgan fingerprint density at radius 1 is 1.32 bits per heavy atom. The maximum atomic E-state index is 13.2. The van der Waals surface area contributed by atoms with Crippen molar-refractivity contribution in [2.75, 3.05) is 7.05 Å². The third-order valence-electron chi connectivity index (χ3n) is 5.98. The second-order valence-corrected chi connectivity index (χ2v) is 8.87. The molecule has 0 saturated heterocycles. The van der Waals surface area contributed by atoms with Gasteiger partial charge in [0.25, 0.3) is 0 Å². The predicted octanol–water partition coefficient (Wildman–Crippen LogP) is 4.12. The Balaban J connectivity index is 1.54. The lowest BCUT2D eigenvalue weighted by molar-refractivity contribution is -0.155. The molecule has 0 aromatic carbocycles. The van der Waals surface area contributed by atoms with Crippen LogP contribution in [0.2, 0.25) is 0 Å². The fourth-order valence-corrected chi connectivity index (χ4v) is 6.37. The molecule has 22 heavy (non-hydrogen) atoms. The van der Waals surface area contributed by atoms with Crippen molar-refractivity contribution in [2.24, 2.45) is 17.3 Å². The molecule has 4 fully saturated rings. The number of hydrogen-bond donors (Lipinski definition) is 0. The zero-order valence-corrected chi connectivity index (χ0v) is 14.2. The van der Waals surface area contributed by atoms with Crippen LogP contribution in [0.25, 0.3) is 0 Å². The summed E-state index contributed by atoms with van der Waals surface area (Å²) in [7, 11) is 1.90. The first-order chi connectivity index (χ1) is 10.4. The molecule has 2 atom stereocenters. The Morgan fingerprint density at radius 3 is 2.55 bits per heavy atom. The molecule has 5 rings (SSSR count). The van der Waals surface area contributed by atoms with Crippen molar-refractivity contribution in [3.63, 3.8) is 0 Å². The average Bonchev–Trinajstić information content (AvgIpc) is 2.80. The van der Waals surface area contributed by atoms with E-state index < -0.39 is 0 Å². The molecule has 120 valence electrons. The van der Waals surface area contributed by atoms with E-state index in [0.29, 0.717) is 18.4 Å². The molecule has 0 N–H and O–H groups in total. The number of carbonyl (C=O) groups excluding carboxylic acids is 1. The van der Waals surface area contributed by atoms with Gasteiger partial charge in [0.2, 0.25) is 5.91 Å². The maximum absolute atomic E-state index is 13.2. The number of rotatable bonds is 3. The van der Waals surface area contributed by atoms with E-state index >= 15 is 0 Å². The van der Waals surface area contributed by atoms with Crippen LogP contribution in [-0.4, -0.2) is 22.7 Å². The molecular weight excluding hydrogens is 298 g/mol. The average molecular weight is 322 g/mol. The summed E-state index contributed by atoms with van der Waals surface area (Å²) >= 11 is 6.84. The number of nitrogens with zero attached hydrogens (tertiary/aromatic N) is 1. The lowest BCUT2D eigenvalue weighted by atomic mass is 9.49. The molecule has 2 unspecified atom stereocenters. The molecule has 4 aliphatic carbocycles. The molecule has 0 radical (unpaired) electrons. The van der Waals surface area contributed by atoms with E-state index in [9.17, 15) is 4.79 Å². The molecule has 3 nitrogen and oxygen atoms in total. The van der Waals surface area contributed by atoms with Crippen LogP contribution in [0.4, 0.5) is 0 Å². The van der Waals surface area contributed by atoms with Crippen LogP contribution in [0.15, 0.2) is 16.5 Å². The summed E-state index contributed by atoms with van der Waals surface area (Å²) in [5.74, 6) is 3.34. The lowest BCUT2D eigenvalue weighted by Crippen LogP contribution is -2.58. The van der Waals surface area contributed by atoms with Gasteiger partial charge in [0.05, 0.1) is 12.0 Å². The van der Waals surface area contributed by atoms with Gasteiger partial charge >= 0.3 is 0 Å². The van der Waals surface area contributed by atoms with Gasteiger partial charge in [-0.1, -0.05) is 0 Å². The van der Waals surface area contributed by atoms with E-state index in [1.165, 1.54) is 6.42 Å². The zero-order chi connectivity index (χ0) is 15.5. The predicted molar refractivity (Wildman–Crippen MR) is 85.6 cm³/mol. The van der Waals surface area contributed by atoms with E-state index in [0.717, 1.165) is 43.6 Å². The third-order valence-corrected chi connectivity index (χ3v) is 6.42. The van der Waals surface area contributed by atoms with E-state index in [1.807, 2.05) is 31.0 Å². The number of amides is 1. The standard InChI is InChI=1S/C18H24ClNO2/c1-12-3-4-15(22-12)10-20(2)16(21)17-6-13-5-14(7-17)9-18(19,8-13)11-17/h3-4,13-14H,5-11H2,1-2H3. The molecule has 1 aromatic heterocycles. The summed E-state index contributed by atoms with van der Waals surface area (Å²) in [5.41, 5.74) is -0.206. The van der Waals surface area contributed by atoms with Crippen LogP contribution < -0.4 is 0 Å². The number of hydrogen-bond acceptors (Lipinski definition) is 2. The Labute approximate surface area is 137 Å². The van der Waals surface area contributed by atoms with E-state index in [4.69, 9.17) is 16.0 Å². The number of alkyl halides is 1. The Kier molecular flexibility index (Phi) is 3.17. The highest BCUT2D eigenvalue weighted by Crippen LogP contribution is 2.64. The first-order valence-corrected chi connectivity index (χ1v) is 8.75. The third kappa shape index (κ3) is 2.29. The smallest absolute Gasteiger partial charge is 0.229 e. The molecule has 0 spiro atoms. The fraction of sp³-hybridized carbons (Fsp3) is 0.722. The van der Waals surface area contributed by atoms with Gasteiger partial charge in [-0.3, -0.25) is 4.79 Å². The molecule has 4 heteroatoms. The second-order valence-electron chi connectivity index (χ2n) is 8.07. The topological polar surface area (TPSA) is 33.5 Å². The van der Waals surface area contributed by atoms with Gasteiger partial charge in [-0.2, -0.15) is 0 Å². The molecule has 4 bridgehead atoms. The number of furan rings is 1. The minimum Gasteiger partial charge on any atom is -0.464 e. The minimum absolute atomic E-state index is 0.109. The van der Waals surface area contributed by atoms with Gasteiger partial charge < -0.3 is 9.32 Å². The summed E-state index contributed by atoms with van der Waals surface area (Å²) in [5, 5.41) is 0. The zero-order valence-electron chi connectivity index (χ0n) is 13.4. The molecule has 1 aromatic rings. The van der Waals surface area contributed by atoms with Crippen molar-refractivity contribution in [3.05, 3.63) is 23.7 Å². The van der Waals surface area contributed by atoms with E-state index in [1.54, 1.807) is 0 Å². The second kappa shape index (κ2) is 4.77. The van der Waals surface area contributed by atoms with E-state index in [-0.39, 0.29) is 16.2 Å². The monoisotopic (exact) mass is 321 g/mol. The van der Waals surface area contributed by atoms with Gasteiger partial charge in [-0.05, 0) is 69.4 Å². The minimum atomic E-state index is -0.206. The quantitative estimate of drug-likeness (QED) is 0.784. The molecular formula is C18H24ClNO2. The van der Waals surface area contributed by atoms with Gasteiger partial charge in [0, 0.05) is 11.9 Å². The lowest BCUT2D eigenvalue weighted by Gasteiger charge is -2.59. The van der Waals surface area contributed by atoms with Crippen molar-refractivity contribution >= 4 is 17.5 Å². The first kappa shape index (κ1) is 14.6. The van der Waals surface area contributed by atoms with Crippen LogP contribution in [0.5, 0.6) is 0 Å². The number of halogens is 1. The summed E-state index contributed by atoms with van der Waals surface area (Å²) < 4.78 is 5.62. The van der Waals surface area contributed by atoms with E-state index in [2.05, 4.69) is 0 Å². The van der Waals surface area contributed by atoms with Crippen LogP contribution in [0.1, 0.15) is 50.0 Å².